The summed E-state index contributed by atoms with van der Waals surface area (Å²) in [6.07, 6.45) is 22.5. The second-order valence-corrected chi connectivity index (χ2v) is 10.6. The van der Waals surface area contributed by atoms with Crippen molar-refractivity contribution in [2.24, 2.45) is 0 Å². The minimum Gasteiger partial charge on any atom is -0.289 e. The van der Waals surface area contributed by atoms with Crippen LogP contribution in [0.3, 0.4) is 0 Å². The number of rotatable bonds is 19. The molecule has 186 valence electrons. The third-order valence-electron chi connectivity index (χ3n) is 6.39. The summed E-state index contributed by atoms with van der Waals surface area (Å²) in [7, 11) is 0. The molecule has 0 amide bonds. The molecule has 0 saturated heterocycles. The van der Waals surface area contributed by atoms with Crippen molar-refractivity contribution < 1.29 is 4.79 Å². The van der Waals surface area contributed by atoms with Crippen LogP contribution in [0, 0.1) is 0 Å². The first-order valence-corrected chi connectivity index (χ1v) is 14.8. The van der Waals surface area contributed by atoms with E-state index in [1.807, 2.05) is 36.0 Å². The van der Waals surface area contributed by atoms with Crippen molar-refractivity contribution in [2.45, 2.75) is 109 Å². The van der Waals surface area contributed by atoms with Gasteiger partial charge in [0, 0.05) is 10.5 Å². The first kappa shape index (κ1) is 28.4. The molecule has 0 radical (unpaired) electrons. The van der Waals surface area contributed by atoms with Gasteiger partial charge in [-0.15, -0.1) is 11.8 Å². The predicted octanol–water partition coefficient (Wildman–Crippen LogP) is 10.3. The van der Waals surface area contributed by atoms with E-state index in [9.17, 15) is 4.79 Å². The molecule has 0 aliphatic heterocycles. The standard InChI is InChI=1S/C32H46OS/c1-3-5-6-7-8-9-10-11-12-13-14-17-27-34-31-24-21-30(22-25-31)32(33)26-23-29-20-16-15-19-28(29)18-4-2/h15-16,19-26H,3-14,17-18,27H2,1-2H3/b26-23+. The second-order valence-electron chi connectivity index (χ2n) is 9.41. The number of aryl methyl sites for hydroxylation is 1. The lowest BCUT2D eigenvalue weighted by molar-refractivity contribution is 0.104. The lowest BCUT2D eigenvalue weighted by atomic mass is 10.0. The van der Waals surface area contributed by atoms with Gasteiger partial charge in [0.25, 0.3) is 0 Å². The SMILES string of the molecule is CCCCCCCCCCCCCCSc1ccc(C(=O)/C=C/c2ccccc2CCC)cc1. The van der Waals surface area contributed by atoms with Crippen molar-refractivity contribution in [3.05, 3.63) is 71.3 Å². The molecule has 0 N–H and O–H groups in total. The van der Waals surface area contributed by atoms with E-state index in [2.05, 4.69) is 44.2 Å². The van der Waals surface area contributed by atoms with E-state index in [0.717, 1.165) is 24.0 Å². The van der Waals surface area contributed by atoms with Gasteiger partial charge in [-0.1, -0.05) is 121 Å². The average molecular weight is 479 g/mol. The molecule has 0 aliphatic carbocycles. The minimum absolute atomic E-state index is 0.0730. The van der Waals surface area contributed by atoms with E-state index >= 15 is 0 Å². The number of hydrogen-bond donors (Lipinski definition) is 0. The summed E-state index contributed by atoms with van der Waals surface area (Å²) in [4.78, 5) is 13.9. The fourth-order valence-electron chi connectivity index (χ4n) is 4.30. The van der Waals surface area contributed by atoms with E-state index in [1.54, 1.807) is 6.08 Å². The number of carbonyl (C=O) groups excluding carboxylic acids is 1. The fourth-order valence-corrected chi connectivity index (χ4v) is 5.22. The Morgan fingerprint density at radius 2 is 1.29 bits per heavy atom. The highest BCUT2D eigenvalue weighted by molar-refractivity contribution is 7.99. The van der Waals surface area contributed by atoms with Gasteiger partial charge in [-0.2, -0.15) is 0 Å². The minimum atomic E-state index is 0.0730. The maximum Gasteiger partial charge on any atom is 0.185 e. The summed E-state index contributed by atoms with van der Waals surface area (Å²) in [5.74, 6) is 1.24. The fraction of sp³-hybridized carbons (Fsp3) is 0.531. The summed E-state index contributed by atoms with van der Waals surface area (Å²) in [6.45, 7) is 4.47. The quantitative estimate of drug-likeness (QED) is 0.0864. The van der Waals surface area contributed by atoms with Crippen LogP contribution >= 0.6 is 11.8 Å². The Morgan fingerprint density at radius 1 is 0.706 bits per heavy atom. The third kappa shape index (κ3) is 12.1. The van der Waals surface area contributed by atoms with Crippen LogP contribution in [0.2, 0.25) is 0 Å². The van der Waals surface area contributed by atoms with Crippen LogP contribution in [-0.4, -0.2) is 11.5 Å². The highest BCUT2D eigenvalue weighted by atomic mass is 32.2. The predicted molar refractivity (Wildman–Crippen MR) is 152 cm³/mol. The molecule has 0 atom stereocenters. The number of hydrogen-bond acceptors (Lipinski definition) is 2. The van der Waals surface area contributed by atoms with Gasteiger partial charge >= 0.3 is 0 Å². The molecule has 0 unspecified atom stereocenters. The molecular weight excluding hydrogens is 432 g/mol. The first-order chi connectivity index (χ1) is 16.7. The van der Waals surface area contributed by atoms with Crippen molar-refractivity contribution in [2.75, 3.05) is 5.75 Å². The molecule has 34 heavy (non-hydrogen) atoms. The van der Waals surface area contributed by atoms with Gasteiger partial charge in [-0.3, -0.25) is 4.79 Å². The Hall–Kier alpha value is -1.80. The van der Waals surface area contributed by atoms with E-state index in [-0.39, 0.29) is 5.78 Å². The van der Waals surface area contributed by atoms with Crippen molar-refractivity contribution in [3.63, 3.8) is 0 Å². The van der Waals surface area contributed by atoms with Crippen LogP contribution in [0.1, 0.15) is 119 Å². The number of carbonyl (C=O) groups is 1. The smallest absolute Gasteiger partial charge is 0.185 e. The van der Waals surface area contributed by atoms with Gasteiger partial charge < -0.3 is 0 Å². The number of ketones is 1. The van der Waals surface area contributed by atoms with Crippen LogP contribution in [0.5, 0.6) is 0 Å². The van der Waals surface area contributed by atoms with Gasteiger partial charge in [0.2, 0.25) is 0 Å². The molecule has 0 fully saturated rings. The monoisotopic (exact) mass is 478 g/mol. The zero-order valence-corrected chi connectivity index (χ0v) is 22.5. The molecule has 2 aromatic rings. The Bertz CT molecular complexity index is 821. The molecular formula is C32H46OS. The molecule has 1 nitrogen and oxygen atoms in total. The zero-order chi connectivity index (χ0) is 24.3. The van der Waals surface area contributed by atoms with E-state index in [0.29, 0.717) is 0 Å². The summed E-state index contributed by atoms with van der Waals surface area (Å²) in [6, 6.07) is 16.5. The molecule has 2 heteroatoms. The van der Waals surface area contributed by atoms with Gasteiger partial charge in [-0.25, -0.2) is 0 Å². The van der Waals surface area contributed by atoms with Gasteiger partial charge in [0.05, 0.1) is 0 Å². The molecule has 0 bridgehead atoms. The molecule has 0 aromatic heterocycles. The summed E-state index contributed by atoms with van der Waals surface area (Å²) >= 11 is 1.91. The van der Waals surface area contributed by atoms with Crippen LogP contribution in [0.4, 0.5) is 0 Å². The molecule has 0 aliphatic rings. The maximum absolute atomic E-state index is 12.6. The normalized spacial score (nSPS) is 11.4. The van der Waals surface area contributed by atoms with Crippen molar-refractivity contribution in [1.82, 2.24) is 0 Å². The van der Waals surface area contributed by atoms with Gasteiger partial charge in [0.15, 0.2) is 5.78 Å². The van der Waals surface area contributed by atoms with Gasteiger partial charge in [0.1, 0.15) is 0 Å². The van der Waals surface area contributed by atoms with E-state index in [4.69, 9.17) is 0 Å². The number of thioether (sulfide) groups is 1. The van der Waals surface area contributed by atoms with E-state index in [1.165, 1.54) is 93.3 Å². The number of allylic oxidation sites excluding steroid dienone is 1. The third-order valence-corrected chi connectivity index (χ3v) is 7.49. The molecule has 0 heterocycles. The first-order valence-electron chi connectivity index (χ1n) is 13.8. The Balaban J connectivity index is 1.58. The topological polar surface area (TPSA) is 17.1 Å². The maximum atomic E-state index is 12.6. The summed E-state index contributed by atoms with van der Waals surface area (Å²) in [5.41, 5.74) is 3.21. The van der Waals surface area contributed by atoms with Crippen LogP contribution < -0.4 is 0 Å². The molecule has 2 aromatic carbocycles. The van der Waals surface area contributed by atoms with Crippen molar-refractivity contribution in [1.29, 1.82) is 0 Å². The lowest BCUT2D eigenvalue weighted by Crippen LogP contribution is -1.94. The van der Waals surface area contributed by atoms with Crippen LogP contribution in [0.15, 0.2) is 59.5 Å². The molecule has 2 rings (SSSR count). The molecule has 0 saturated carbocycles. The van der Waals surface area contributed by atoms with Gasteiger partial charge in [-0.05, 0) is 60.1 Å². The lowest BCUT2D eigenvalue weighted by Gasteiger charge is -2.05. The second kappa shape index (κ2) is 18.5. The summed E-state index contributed by atoms with van der Waals surface area (Å²) in [5, 5.41) is 0. The zero-order valence-electron chi connectivity index (χ0n) is 21.7. The largest absolute Gasteiger partial charge is 0.289 e. The van der Waals surface area contributed by atoms with Crippen molar-refractivity contribution in [3.8, 4) is 0 Å². The van der Waals surface area contributed by atoms with E-state index < -0.39 is 0 Å². The highest BCUT2D eigenvalue weighted by Crippen LogP contribution is 2.21. The number of benzene rings is 2. The number of unbranched alkanes of at least 4 members (excludes halogenated alkanes) is 11. The Morgan fingerprint density at radius 3 is 1.91 bits per heavy atom. The average Bonchev–Trinajstić information content (AvgIpc) is 2.86. The Labute approximate surface area is 213 Å². The summed E-state index contributed by atoms with van der Waals surface area (Å²) < 4.78 is 0. The molecule has 0 spiro atoms. The highest BCUT2D eigenvalue weighted by Gasteiger charge is 2.04. The van der Waals surface area contributed by atoms with Crippen molar-refractivity contribution >= 4 is 23.6 Å². The van der Waals surface area contributed by atoms with Crippen LogP contribution in [-0.2, 0) is 6.42 Å². The van der Waals surface area contributed by atoms with Crippen LogP contribution in [0.25, 0.3) is 6.08 Å². The Kier molecular flexibility index (Phi) is 15.5.